The number of aromatic nitrogens is 2. The molecule has 1 aromatic heterocycles. The van der Waals surface area contributed by atoms with Crippen molar-refractivity contribution in [3.05, 3.63) is 11.7 Å². The third-order valence-corrected chi connectivity index (χ3v) is 4.51. The van der Waals surface area contributed by atoms with E-state index >= 15 is 0 Å². The molecular formula is C14H27N3O2. The Hall–Kier alpha value is -0.940. The molecule has 2 N–H and O–H groups in total. The minimum absolute atomic E-state index is 0.404. The molecule has 19 heavy (non-hydrogen) atoms. The van der Waals surface area contributed by atoms with Crippen LogP contribution >= 0.6 is 0 Å². The number of nitrogens with two attached hydrogens (primary N) is 1. The van der Waals surface area contributed by atoms with Crippen LogP contribution < -0.4 is 5.73 Å². The Labute approximate surface area is 115 Å². The van der Waals surface area contributed by atoms with Gasteiger partial charge in [0.2, 0.25) is 11.7 Å². The summed E-state index contributed by atoms with van der Waals surface area (Å²) >= 11 is 0. The van der Waals surface area contributed by atoms with Crippen molar-refractivity contribution in [1.82, 2.24) is 10.1 Å². The molecule has 110 valence electrons. The molecule has 0 unspecified atom stereocenters. The smallest absolute Gasteiger partial charge is 0.234 e. The average Bonchev–Trinajstić information content (AvgIpc) is 2.81. The van der Waals surface area contributed by atoms with Crippen LogP contribution in [0, 0.1) is 0 Å². The van der Waals surface area contributed by atoms with Crippen LogP contribution in [0.4, 0.5) is 0 Å². The predicted molar refractivity (Wildman–Crippen MR) is 74.9 cm³/mol. The van der Waals surface area contributed by atoms with E-state index < -0.39 is 16.6 Å². The molecule has 0 aliphatic heterocycles. The Morgan fingerprint density at radius 2 is 1.68 bits per heavy atom. The van der Waals surface area contributed by atoms with E-state index in [9.17, 15) is 0 Å². The summed E-state index contributed by atoms with van der Waals surface area (Å²) in [4.78, 5) is 4.55. The van der Waals surface area contributed by atoms with E-state index in [1.807, 2.05) is 27.7 Å². The van der Waals surface area contributed by atoms with Gasteiger partial charge in [0.15, 0.2) is 0 Å². The Balaban J connectivity index is 3.20. The Kier molecular flexibility index (Phi) is 4.42. The normalized spacial score (nSPS) is 13.9. The summed E-state index contributed by atoms with van der Waals surface area (Å²) in [6.07, 6.45) is 1.59. The molecule has 1 heterocycles. The first-order chi connectivity index (χ1) is 8.64. The van der Waals surface area contributed by atoms with Crippen molar-refractivity contribution >= 4 is 0 Å². The van der Waals surface area contributed by atoms with Gasteiger partial charge in [0.25, 0.3) is 0 Å². The zero-order chi connectivity index (χ0) is 14.9. The van der Waals surface area contributed by atoms with Crippen LogP contribution in [0.1, 0.15) is 66.1 Å². The predicted octanol–water partition coefficient (Wildman–Crippen LogP) is 2.75. The topological polar surface area (TPSA) is 74.2 Å². The van der Waals surface area contributed by atoms with E-state index in [-0.39, 0.29) is 0 Å². The van der Waals surface area contributed by atoms with E-state index in [0.29, 0.717) is 11.7 Å². The fraction of sp³-hybridized carbons (Fsp3) is 0.857. The molecule has 0 spiro atoms. The second-order valence-corrected chi connectivity index (χ2v) is 6.18. The highest BCUT2D eigenvalue weighted by molar-refractivity contribution is 5.13. The molecule has 0 fully saturated rings. The van der Waals surface area contributed by atoms with E-state index in [2.05, 4.69) is 24.0 Å². The van der Waals surface area contributed by atoms with Crippen molar-refractivity contribution in [2.75, 3.05) is 7.11 Å². The van der Waals surface area contributed by atoms with Crippen molar-refractivity contribution in [1.29, 1.82) is 0 Å². The number of rotatable bonds is 6. The molecule has 0 atom stereocenters. The van der Waals surface area contributed by atoms with Gasteiger partial charge in [-0.2, -0.15) is 4.98 Å². The van der Waals surface area contributed by atoms with Crippen molar-refractivity contribution in [3.8, 4) is 0 Å². The minimum Gasteiger partial charge on any atom is -0.370 e. The fourth-order valence-electron chi connectivity index (χ4n) is 1.88. The molecule has 1 aromatic rings. The Morgan fingerprint density at radius 3 is 2.05 bits per heavy atom. The first-order valence-electron chi connectivity index (χ1n) is 6.83. The van der Waals surface area contributed by atoms with Crippen molar-refractivity contribution < 1.29 is 9.26 Å². The van der Waals surface area contributed by atoms with Crippen LogP contribution in [0.5, 0.6) is 0 Å². The van der Waals surface area contributed by atoms with E-state index in [4.69, 9.17) is 15.0 Å². The average molecular weight is 269 g/mol. The van der Waals surface area contributed by atoms with Crippen LogP contribution in [-0.4, -0.2) is 22.8 Å². The SMILES string of the molecule is CCC(CC)(OC)c1noc(C(C)(C)C(C)(C)N)n1. The second kappa shape index (κ2) is 5.21. The molecule has 1 rings (SSSR count). The fourth-order valence-corrected chi connectivity index (χ4v) is 1.88. The first-order valence-corrected chi connectivity index (χ1v) is 6.83. The lowest BCUT2D eigenvalue weighted by Gasteiger charge is -2.35. The first kappa shape index (κ1) is 16.1. The number of methoxy groups -OCH3 is 1. The van der Waals surface area contributed by atoms with Gasteiger partial charge in [0, 0.05) is 12.6 Å². The number of nitrogens with zero attached hydrogens (tertiary/aromatic N) is 2. The summed E-state index contributed by atoms with van der Waals surface area (Å²) in [7, 11) is 1.68. The monoisotopic (exact) mass is 269 g/mol. The van der Waals surface area contributed by atoms with Gasteiger partial charge in [-0.05, 0) is 40.5 Å². The summed E-state index contributed by atoms with van der Waals surface area (Å²) in [5, 5.41) is 4.11. The van der Waals surface area contributed by atoms with Crippen LogP contribution in [0.3, 0.4) is 0 Å². The van der Waals surface area contributed by atoms with Crippen LogP contribution in [0.2, 0.25) is 0 Å². The molecule has 0 saturated carbocycles. The summed E-state index contributed by atoms with van der Waals surface area (Å²) in [6.45, 7) is 12.1. The maximum Gasteiger partial charge on any atom is 0.234 e. The van der Waals surface area contributed by atoms with Gasteiger partial charge in [-0.1, -0.05) is 19.0 Å². The number of hydrogen-bond acceptors (Lipinski definition) is 5. The lowest BCUT2D eigenvalue weighted by atomic mass is 9.75. The highest BCUT2D eigenvalue weighted by atomic mass is 16.5. The zero-order valence-corrected chi connectivity index (χ0v) is 13.2. The molecule has 0 saturated heterocycles. The van der Waals surface area contributed by atoms with Gasteiger partial charge in [-0.25, -0.2) is 0 Å². The maximum absolute atomic E-state index is 6.20. The van der Waals surface area contributed by atoms with Gasteiger partial charge in [-0.15, -0.1) is 0 Å². The molecule has 0 aromatic carbocycles. The van der Waals surface area contributed by atoms with Crippen LogP contribution in [-0.2, 0) is 15.8 Å². The van der Waals surface area contributed by atoms with Crippen molar-refractivity contribution in [2.45, 2.75) is 70.9 Å². The molecule has 5 nitrogen and oxygen atoms in total. The van der Waals surface area contributed by atoms with Crippen LogP contribution in [0.25, 0.3) is 0 Å². The van der Waals surface area contributed by atoms with Crippen molar-refractivity contribution in [2.24, 2.45) is 5.73 Å². The second-order valence-electron chi connectivity index (χ2n) is 6.18. The molecule has 0 radical (unpaired) electrons. The van der Waals surface area contributed by atoms with Gasteiger partial charge >= 0.3 is 0 Å². The molecule has 0 aliphatic carbocycles. The Morgan fingerprint density at radius 1 is 1.16 bits per heavy atom. The maximum atomic E-state index is 6.20. The summed E-state index contributed by atoms with van der Waals surface area (Å²) in [6, 6.07) is 0. The molecule has 0 amide bonds. The largest absolute Gasteiger partial charge is 0.370 e. The van der Waals surface area contributed by atoms with E-state index in [1.165, 1.54) is 0 Å². The van der Waals surface area contributed by atoms with Gasteiger partial charge in [0.05, 0.1) is 5.41 Å². The lowest BCUT2D eigenvalue weighted by Crippen LogP contribution is -2.50. The van der Waals surface area contributed by atoms with Crippen molar-refractivity contribution in [3.63, 3.8) is 0 Å². The lowest BCUT2D eigenvalue weighted by molar-refractivity contribution is -0.0306. The summed E-state index contributed by atoms with van der Waals surface area (Å²) < 4.78 is 11.1. The molecule has 0 bridgehead atoms. The highest BCUT2D eigenvalue weighted by Crippen LogP contribution is 2.35. The highest BCUT2D eigenvalue weighted by Gasteiger charge is 2.42. The van der Waals surface area contributed by atoms with Gasteiger partial charge in [0.1, 0.15) is 5.60 Å². The number of hydrogen-bond donors (Lipinski definition) is 1. The minimum atomic E-state index is -0.476. The molecular weight excluding hydrogens is 242 g/mol. The third kappa shape index (κ3) is 2.67. The van der Waals surface area contributed by atoms with Gasteiger partial charge < -0.3 is 15.0 Å². The summed E-state index contributed by atoms with van der Waals surface area (Å²) in [5.41, 5.74) is 4.87. The summed E-state index contributed by atoms with van der Waals surface area (Å²) in [5.74, 6) is 1.16. The molecule has 5 heteroatoms. The van der Waals surface area contributed by atoms with Gasteiger partial charge in [-0.3, -0.25) is 0 Å². The zero-order valence-electron chi connectivity index (χ0n) is 13.2. The van der Waals surface area contributed by atoms with E-state index in [0.717, 1.165) is 12.8 Å². The third-order valence-electron chi connectivity index (χ3n) is 4.51. The molecule has 0 aliphatic rings. The number of ether oxygens (including phenoxy) is 1. The standard InChI is InChI=1S/C14H27N3O2/c1-8-14(9-2,18-7)10-16-11(19-17-10)12(3,4)13(5,6)15/h8-9,15H2,1-7H3. The van der Waals surface area contributed by atoms with Crippen LogP contribution in [0.15, 0.2) is 4.52 Å². The Bertz CT molecular complexity index is 390. The van der Waals surface area contributed by atoms with E-state index in [1.54, 1.807) is 7.11 Å². The quantitative estimate of drug-likeness (QED) is 0.859.